The van der Waals surface area contributed by atoms with Crippen LogP contribution in [-0.4, -0.2) is 59.9 Å². The Hall–Kier alpha value is -3.10. The van der Waals surface area contributed by atoms with Crippen molar-refractivity contribution in [2.75, 3.05) is 33.3 Å². The maximum Gasteiger partial charge on any atom is 0.251 e. The zero-order chi connectivity index (χ0) is 20.2. The predicted molar refractivity (Wildman–Crippen MR) is 109 cm³/mol. The van der Waals surface area contributed by atoms with Crippen molar-refractivity contribution in [1.82, 2.24) is 30.7 Å². The van der Waals surface area contributed by atoms with Crippen LogP contribution in [-0.2, 0) is 13.0 Å². The van der Waals surface area contributed by atoms with Gasteiger partial charge in [-0.05, 0) is 31.2 Å². The summed E-state index contributed by atoms with van der Waals surface area (Å²) < 4.78 is 7.11. The number of hydrogen-bond acceptors (Lipinski definition) is 5. The molecule has 0 spiro atoms. The summed E-state index contributed by atoms with van der Waals surface area (Å²) in [5.41, 5.74) is 0.593. The monoisotopic (exact) mass is 387 g/mol. The second kappa shape index (κ2) is 11.6. The van der Waals surface area contributed by atoms with Gasteiger partial charge in [-0.2, -0.15) is 0 Å². The van der Waals surface area contributed by atoms with Crippen LogP contribution in [0.25, 0.3) is 0 Å². The molecule has 9 nitrogen and oxygen atoms in total. The number of nitrogens with zero attached hydrogens (tertiary/aromatic N) is 4. The molecule has 0 aliphatic rings. The number of guanidine groups is 1. The highest BCUT2D eigenvalue weighted by atomic mass is 16.5. The maximum atomic E-state index is 12.1. The topological polar surface area (TPSA) is 105 Å². The third kappa shape index (κ3) is 6.57. The first-order valence-electron chi connectivity index (χ1n) is 9.49. The second-order valence-corrected chi connectivity index (χ2v) is 5.97. The number of benzene rings is 1. The first-order chi connectivity index (χ1) is 13.7. The van der Waals surface area contributed by atoms with Crippen molar-refractivity contribution in [2.45, 2.75) is 26.8 Å². The van der Waals surface area contributed by atoms with Gasteiger partial charge in [0.1, 0.15) is 17.9 Å². The van der Waals surface area contributed by atoms with Gasteiger partial charge in [-0.1, -0.05) is 6.92 Å². The Morgan fingerprint density at radius 3 is 2.61 bits per heavy atom. The van der Waals surface area contributed by atoms with Gasteiger partial charge < -0.3 is 25.3 Å². The summed E-state index contributed by atoms with van der Waals surface area (Å²) in [5, 5.41) is 17.3. The van der Waals surface area contributed by atoms with Crippen molar-refractivity contribution in [3.63, 3.8) is 0 Å². The van der Waals surface area contributed by atoms with Crippen LogP contribution in [0, 0.1) is 0 Å². The molecule has 0 atom stereocenters. The van der Waals surface area contributed by atoms with Crippen LogP contribution in [0.15, 0.2) is 35.6 Å². The summed E-state index contributed by atoms with van der Waals surface area (Å²) in [7, 11) is 1.60. The van der Waals surface area contributed by atoms with E-state index in [4.69, 9.17) is 4.74 Å². The van der Waals surface area contributed by atoms with Crippen LogP contribution in [0.5, 0.6) is 5.75 Å². The first kappa shape index (κ1) is 21.2. The Morgan fingerprint density at radius 2 is 1.93 bits per heavy atom. The van der Waals surface area contributed by atoms with Crippen LogP contribution in [0.3, 0.4) is 0 Å². The second-order valence-electron chi connectivity index (χ2n) is 5.97. The Morgan fingerprint density at radius 1 is 1.14 bits per heavy atom. The fourth-order valence-corrected chi connectivity index (χ4v) is 2.56. The number of carbonyl (C=O) groups excluding carboxylic acids is 1. The van der Waals surface area contributed by atoms with Crippen molar-refractivity contribution >= 4 is 11.9 Å². The van der Waals surface area contributed by atoms with Crippen molar-refractivity contribution in [1.29, 1.82) is 0 Å². The van der Waals surface area contributed by atoms with E-state index in [0.717, 1.165) is 31.1 Å². The van der Waals surface area contributed by atoms with Crippen LogP contribution >= 0.6 is 0 Å². The van der Waals surface area contributed by atoms with E-state index in [2.05, 4.69) is 38.1 Å². The Kier molecular flexibility index (Phi) is 8.77. The molecular formula is C19H29N7O2. The van der Waals surface area contributed by atoms with E-state index in [1.54, 1.807) is 37.7 Å². The van der Waals surface area contributed by atoms with Crippen LogP contribution in [0.2, 0.25) is 0 Å². The Balaban J connectivity index is 1.75. The number of aromatic nitrogens is 3. The molecule has 28 heavy (non-hydrogen) atoms. The standard InChI is InChI=1S/C19H29N7O2/c1-4-17-25-24-14-26(17)13-12-23-19(20-5-2)22-11-10-21-18(27)15-6-8-16(28-3)9-7-15/h6-9,14H,4-5,10-13H2,1-3H3,(H,21,27)(H2,20,22,23). The number of rotatable bonds is 10. The highest BCUT2D eigenvalue weighted by Gasteiger charge is 2.05. The van der Waals surface area contributed by atoms with Gasteiger partial charge in [0.25, 0.3) is 5.91 Å². The van der Waals surface area contributed by atoms with E-state index in [1.807, 2.05) is 11.5 Å². The van der Waals surface area contributed by atoms with Crippen molar-refractivity contribution < 1.29 is 9.53 Å². The Labute approximate surface area is 165 Å². The molecule has 2 rings (SSSR count). The van der Waals surface area contributed by atoms with Gasteiger partial charge in [0.15, 0.2) is 5.96 Å². The van der Waals surface area contributed by atoms with Crippen LogP contribution in [0.1, 0.15) is 30.0 Å². The fraction of sp³-hybridized carbons (Fsp3) is 0.474. The molecule has 3 N–H and O–H groups in total. The van der Waals surface area contributed by atoms with Gasteiger partial charge in [-0.15, -0.1) is 10.2 Å². The number of carbonyl (C=O) groups is 1. The zero-order valence-electron chi connectivity index (χ0n) is 16.7. The number of nitrogens with one attached hydrogen (secondary N) is 3. The quantitative estimate of drug-likeness (QED) is 0.317. The van der Waals surface area contributed by atoms with E-state index >= 15 is 0 Å². The molecule has 0 aliphatic carbocycles. The van der Waals surface area contributed by atoms with Gasteiger partial charge in [0.2, 0.25) is 0 Å². The van der Waals surface area contributed by atoms with Gasteiger partial charge in [0, 0.05) is 38.2 Å². The molecule has 0 radical (unpaired) electrons. The van der Waals surface area contributed by atoms with Gasteiger partial charge in [-0.3, -0.25) is 9.79 Å². The third-order valence-electron chi connectivity index (χ3n) is 4.02. The number of aliphatic imine (C=N–C) groups is 1. The molecule has 1 aromatic heterocycles. The van der Waals surface area contributed by atoms with Crippen molar-refractivity contribution in [2.24, 2.45) is 4.99 Å². The van der Waals surface area contributed by atoms with E-state index in [0.29, 0.717) is 31.2 Å². The van der Waals surface area contributed by atoms with E-state index < -0.39 is 0 Å². The zero-order valence-corrected chi connectivity index (χ0v) is 16.7. The van der Waals surface area contributed by atoms with Crippen LogP contribution in [0.4, 0.5) is 0 Å². The number of aryl methyl sites for hydroxylation is 1. The van der Waals surface area contributed by atoms with Gasteiger partial charge in [0.05, 0.1) is 13.7 Å². The minimum absolute atomic E-state index is 0.129. The average Bonchev–Trinajstić information content (AvgIpc) is 3.18. The molecule has 0 aliphatic heterocycles. The molecule has 0 saturated heterocycles. The molecule has 1 heterocycles. The molecule has 0 bridgehead atoms. The van der Waals surface area contributed by atoms with Crippen molar-refractivity contribution in [3.05, 3.63) is 42.0 Å². The summed E-state index contributed by atoms with van der Waals surface area (Å²) in [6.45, 7) is 7.22. The minimum Gasteiger partial charge on any atom is -0.497 e. The van der Waals surface area contributed by atoms with Crippen molar-refractivity contribution in [3.8, 4) is 5.75 Å². The normalized spacial score (nSPS) is 11.2. The maximum absolute atomic E-state index is 12.1. The van der Waals surface area contributed by atoms with E-state index in [9.17, 15) is 4.79 Å². The third-order valence-corrected chi connectivity index (χ3v) is 4.02. The molecule has 2 aromatic rings. The number of hydrogen-bond donors (Lipinski definition) is 3. The minimum atomic E-state index is -0.129. The SMILES string of the molecule is CCNC(=NCCNC(=O)c1ccc(OC)cc1)NCCn1cnnc1CC. The molecule has 1 amide bonds. The average molecular weight is 387 g/mol. The summed E-state index contributed by atoms with van der Waals surface area (Å²) in [6.07, 6.45) is 2.58. The molecule has 9 heteroatoms. The highest BCUT2D eigenvalue weighted by molar-refractivity contribution is 5.94. The smallest absolute Gasteiger partial charge is 0.251 e. The number of ether oxygens (including phenoxy) is 1. The summed E-state index contributed by atoms with van der Waals surface area (Å²) in [6, 6.07) is 7.00. The molecule has 0 unspecified atom stereocenters. The summed E-state index contributed by atoms with van der Waals surface area (Å²) >= 11 is 0. The lowest BCUT2D eigenvalue weighted by molar-refractivity contribution is 0.0955. The molecule has 0 saturated carbocycles. The first-order valence-corrected chi connectivity index (χ1v) is 9.49. The fourth-order valence-electron chi connectivity index (χ4n) is 2.56. The predicted octanol–water partition coefficient (Wildman–Crippen LogP) is 0.834. The van der Waals surface area contributed by atoms with Gasteiger partial charge in [-0.25, -0.2) is 0 Å². The Bertz CT molecular complexity index is 756. The summed E-state index contributed by atoms with van der Waals surface area (Å²) in [5.74, 6) is 2.27. The molecule has 152 valence electrons. The van der Waals surface area contributed by atoms with E-state index in [1.165, 1.54) is 0 Å². The molecule has 1 aromatic carbocycles. The number of amides is 1. The lowest BCUT2D eigenvalue weighted by Crippen LogP contribution is -2.39. The largest absolute Gasteiger partial charge is 0.497 e. The number of methoxy groups -OCH3 is 1. The highest BCUT2D eigenvalue weighted by Crippen LogP contribution is 2.10. The summed E-state index contributed by atoms with van der Waals surface area (Å²) in [4.78, 5) is 16.6. The molecular weight excluding hydrogens is 358 g/mol. The lowest BCUT2D eigenvalue weighted by Gasteiger charge is -2.12. The van der Waals surface area contributed by atoms with Crippen LogP contribution < -0.4 is 20.7 Å². The van der Waals surface area contributed by atoms with E-state index in [-0.39, 0.29) is 5.91 Å². The lowest BCUT2D eigenvalue weighted by atomic mass is 10.2. The molecule has 0 fully saturated rings. The van der Waals surface area contributed by atoms with Gasteiger partial charge >= 0.3 is 0 Å².